The molecule has 440 valence electrons. The van der Waals surface area contributed by atoms with Gasteiger partial charge >= 0.3 is 17.9 Å². The van der Waals surface area contributed by atoms with E-state index in [0.29, 0.717) is 19.3 Å². The van der Waals surface area contributed by atoms with Crippen molar-refractivity contribution in [3.05, 3.63) is 109 Å². The highest BCUT2D eigenvalue weighted by molar-refractivity contribution is 5.71. The van der Waals surface area contributed by atoms with Crippen molar-refractivity contribution in [2.75, 3.05) is 13.2 Å². The van der Waals surface area contributed by atoms with Gasteiger partial charge in [0.25, 0.3) is 0 Å². The number of unbranched alkanes of at least 4 members (excludes halogenated alkanes) is 29. The van der Waals surface area contributed by atoms with E-state index < -0.39 is 6.10 Å². The highest BCUT2D eigenvalue weighted by atomic mass is 16.6. The van der Waals surface area contributed by atoms with Crippen molar-refractivity contribution in [2.24, 2.45) is 0 Å². The van der Waals surface area contributed by atoms with E-state index in [0.717, 1.165) is 103 Å². The number of esters is 3. The van der Waals surface area contributed by atoms with Crippen LogP contribution in [0.2, 0.25) is 0 Å². The Morgan fingerprint density at radius 2 is 0.532 bits per heavy atom. The molecule has 6 nitrogen and oxygen atoms in total. The van der Waals surface area contributed by atoms with Gasteiger partial charge in [-0.2, -0.15) is 0 Å². The fourth-order valence-electron chi connectivity index (χ4n) is 9.01. The third-order valence-electron chi connectivity index (χ3n) is 13.8. The molecule has 0 radical (unpaired) electrons. The zero-order chi connectivity index (χ0) is 55.7. The Morgan fingerprint density at radius 3 is 0.870 bits per heavy atom. The summed E-state index contributed by atoms with van der Waals surface area (Å²) in [5, 5.41) is 0. The van der Waals surface area contributed by atoms with E-state index in [1.807, 2.05) is 6.08 Å². The van der Waals surface area contributed by atoms with Gasteiger partial charge in [-0.05, 0) is 89.9 Å². The van der Waals surface area contributed by atoms with E-state index in [1.165, 1.54) is 154 Å². The Kier molecular flexibility index (Phi) is 61.3. The molecule has 1 unspecified atom stereocenters. The zero-order valence-electron chi connectivity index (χ0n) is 50.4. The van der Waals surface area contributed by atoms with Crippen molar-refractivity contribution in [3.8, 4) is 0 Å². The molecule has 0 bridgehead atoms. The molecule has 77 heavy (non-hydrogen) atoms. The minimum atomic E-state index is -0.810. The molecule has 0 saturated carbocycles. The van der Waals surface area contributed by atoms with Crippen LogP contribution in [0.25, 0.3) is 0 Å². The molecule has 1 atom stereocenters. The lowest BCUT2D eigenvalue weighted by Crippen LogP contribution is -2.30. The van der Waals surface area contributed by atoms with Gasteiger partial charge in [-0.3, -0.25) is 14.4 Å². The largest absolute Gasteiger partial charge is 0.462 e. The molecule has 0 aliphatic carbocycles. The Bertz CT molecular complexity index is 1560. The van der Waals surface area contributed by atoms with Gasteiger partial charge in [-0.1, -0.05) is 304 Å². The normalized spacial score (nSPS) is 12.8. The van der Waals surface area contributed by atoms with E-state index in [2.05, 4.69) is 124 Å². The first kappa shape index (κ1) is 73.1. The molecule has 0 spiro atoms. The van der Waals surface area contributed by atoms with Crippen LogP contribution in [0, 0.1) is 0 Å². The third kappa shape index (κ3) is 62.8. The van der Waals surface area contributed by atoms with Crippen LogP contribution in [-0.2, 0) is 28.6 Å². The summed E-state index contributed by atoms with van der Waals surface area (Å²) >= 11 is 0. The number of carbonyl (C=O) groups is 3. The third-order valence-corrected chi connectivity index (χ3v) is 13.8. The summed E-state index contributed by atoms with van der Waals surface area (Å²) < 4.78 is 16.9. The highest BCUT2D eigenvalue weighted by Gasteiger charge is 2.19. The van der Waals surface area contributed by atoms with E-state index >= 15 is 0 Å². The van der Waals surface area contributed by atoms with E-state index in [-0.39, 0.29) is 37.5 Å². The van der Waals surface area contributed by atoms with E-state index in [1.54, 1.807) is 0 Å². The maximum Gasteiger partial charge on any atom is 0.306 e. The summed E-state index contributed by atoms with van der Waals surface area (Å²) in [6.07, 6.45) is 88.3. The Balaban J connectivity index is 4.36. The summed E-state index contributed by atoms with van der Waals surface area (Å²) in [6.45, 7) is 6.37. The fourth-order valence-corrected chi connectivity index (χ4v) is 9.01. The second-order valence-electron chi connectivity index (χ2n) is 21.3. The Morgan fingerprint density at radius 1 is 0.273 bits per heavy atom. The minimum absolute atomic E-state index is 0.102. The molecule has 0 amide bonds. The maximum atomic E-state index is 12.9. The first-order valence-corrected chi connectivity index (χ1v) is 32.4. The van der Waals surface area contributed by atoms with Crippen molar-refractivity contribution in [1.82, 2.24) is 0 Å². The maximum absolute atomic E-state index is 12.9. The summed E-state index contributed by atoms with van der Waals surface area (Å²) in [5.74, 6) is -0.982. The van der Waals surface area contributed by atoms with Crippen LogP contribution in [0.5, 0.6) is 0 Å². The predicted octanol–water partition coefficient (Wildman–Crippen LogP) is 22.2. The smallest absolute Gasteiger partial charge is 0.306 e. The van der Waals surface area contributed by atoms with Crippen molar-refractivity contribution >= 4 is 17.9 Å². The molecule has 0 aliphatic rings. The lowest BCUT2D eigenvalue weighted by molar-refractivity contribution is -0.166. The highest BCUT2D eigenvalue weighted by Crippen LogP contribution is 2.17. The number of carbonyl (C=O) groups excluding carboxylic acids is 3. The minimum Gasteiger partial charge on any atom is -0.462 e. The van der Waals surface area contributed by atoms with Crippen LogP contribution in [0.3, 0.4) is 0 Å². The molecular formula is C71H120O6. The molecule has 0 heterocycles. The number of rotatable bonds is 58. The fraction of sp³-hybridized carbons (Fsp3) is 0.704. The Hall–Kier alpha value is -3.93. The Labute approximate surface area is 476 Å². The van der Waals surface area contributed by atoms with E-state index in [9.17, 15) is 14.4 Å². The predicted molar refractivity (Wildman–Crippen MR) is 334 cm³/mol. The van der Waals surface area contributed by atoms with E-state index in [4.69, 9.17) is 14.2 Å². The topological polar surface area (TPSA) is 78.9 Å². The quantitative estimate of drug-likeness (QED) is 0.0261. The molecule has 0 aliphatic heterocycles. The monoisotopic (exact) mass is 1070 g/mol. The summed E-state index contributed by atoms with van der Waals surface area (Å²) in [4.78, 5) is 38.3. The van der Waals surface area contributed by atoms with Gasteiger partial charge in [0.2, 0.25) is 0 Å². The lowest BCUT2D eigenvalue weighted by Gasteiger charge is -2.18. The molecule has 0 rings (SSSR count). The first-order chi connectivity index (χ1) is 38.0. The molecule has 0 fully saturated rings. The van der Waals surface area contributed by atoms with Crippen molar-refractivity contribution in [1.29, 1.82) is 0 Å². The second kappa shape index (κ2) is 64.6. The molecular weight excluding hydrogens is 949 g/mol. The van der Waals surface area contributed by atoms with Crippen molar-refractivity contribution in [2.45, 2.75) is 309 Å². The molecule has 0 aromatic rings. The number of hydrogen-bond donors (Lipinski definition) is 0. The van der Waals surface area contributed by atoms with Gasteiger partial charge in [0.15, 0.2) is 6.10 Å². The summed E-state index contributed by atoms with van der Waals surface area (Å²) in [7, 11) is 0. The van der Waals surface area contributed by atoms with Crippen LogP contribution in [-0.4, -0.2) is 37.2 Å². The van der Waals surface area contributed by atoms with Gasteiger partial charge in [-0.15, -0.1) is 0 Å². The first-order valence-electron chi connectivity index (χ1n) is 32.4. The van der Waals surface area contributed by atoms with Crippen LogP contribution in [0.4, 0.5) is 0 Å². The summed E-state index contributed by atoms with van der Waals surface area (Å²) in [5.41, 5.74) is 0. The van der Waals surface area contributed by atoms with Gasteiger partial charge < -0.3 is 14.2 Å². The van der Waals surface area contributed by atoms with Crippen molar-refractivity contribution < 1.29 is 28.6 Å². The average Bonchev–Trinajstić information content (AvgIpc) is 3.43. The van der Waals surface area contributed by atoms with Gasteiger partial charge in [-0.25, -0.2) is 0 Å². The summed E-state index contributed by atoms with van der Waals surface area (Å²) in [6, 6.07) is 0. The second-order valence-corrected chi connectivity index (χ2v) is 21.3. The van der Waals surface area contributed by atoms with Gasteiger partial charge in [0.05, 0.1) is 0 Å². The van der Waals surface area contributed by atoms with Gasteiger partial charge in [0.1, 0.15) is 13.2 Å². The number of hydrogen-bond acceptors (Lipinski definition) is 6. The zero-order valence-corrected chi connectivity index (χ0v) is 50.4. The molecule has 0 saturated heterocycles. The van der Waals surface area contributed by atoms with Crippen LogP contribution < -0.4 is 0 Å². The molecule has 0 aromatic carbocycles. The number of allylic oxidation sites excluding steroid dienone is 18. The van der Waals surface area contributed by atoms with Crippen LogP contribution >= 0.6 is 0 Å². The van der Waals surface area contributed by atoms with Crippen LogP contribution in [0.15, 0.2) is 109 Å². The SMILES string of the molecule is CC/C=C\C/C=C\C/C=C\C/C=C\C/C=C\CCCCCCCCCCCC(=O)OCC(COC(=O)CC/C=C\C/C=C\C/C=C\C/C=C\CC)OC(=O)CCCCCCCCCCCCCCCCCCCCCCC. The van der Waals surface area contributed by atoms with Crippen molar-refractivity contribution in [3.63, 3.8) is 0 Å². The average molecular weight is 1070 g/mol. The van der Waals surface area contributed by atoms with Crippen LogP contribution in [0.1, 0.15) is 303 Å². The molecule has 6 heteroatoms. The standard InChI is InChI=1S/C71H120O6/c1-4-7-10-13-16-19-22-25-27-29-31-33-34-35-36-38-39-41-43-46-49-52-55-58-61-64-70(73)76-67-68(66-75-69(72)63-60-57-54-51-48-45-24-21-18-15-12-9-6-3)77-71(74)65-62-59-56-53-50-47-44-42-40-37-32-30-28-26-23-20-17-14-11-8-5-2/h7,9-10,12,16,18-19,21,25,27,31,33,35-36,45,48,54,57,68H,4-6,8,11,13-15,17,20,22-24,26,28-30,32,34,37-44,46-47,49-53,55-56,58-67H2,1-3H3/b10-7-,12-9-,19-16-,21-18-,27-25-,33-31-,36-35-,48-45-,57-54-. The molecule has 0 N–H and O–H groups in total. The van der Waals surface area contributed by atoms with Gasteiger partial charge in [0, 0.05) is 19.3 Å². The molecule has 0 aromatic heterocycles. The number of ether oxygens (including phenoxy) is 3. The lowest BCUT2D eigenvalue weighted by atomic mass is 10.0.